The van der Waals surface area contributed by atoms with Gasteiger partial charge in [-0.05, 0) is 40.9 Å². The number of aromatic nitrogens is 2. The van der Waals surface area contributed by atoms with E-state index in [4.69, 9.17) is 4.42 Å². The molecule has 0 spiro atoms. The van der Waals surface area contributed by atoms with Crippen LogP contribution >= 0.6 is 15.9 Å². The Morgan fingerprint density at radius 1 is 1.30 bits per heavy atom. The van der Waals surface area contributed by atoms with Crippen molar-refractivity contribution in [3.8, 4) is 11.5 Å². The van der Waals surface area contributed by atoms with Crippen molar-refractivity contribution in [3.05, 3.63) is 34.6 Å². The lowest BCUT2D eigenvalue weighted by atomic mass is 10.1. The molecule has 1 aromatic carbocycles. The second-order valence-electron chi connectivity index (χ2n) is 5.24. The summed E-state index contributed by atoms with van der Waals surface area (Å²) in [5.41, 5.74) is 0.978. The van der Waals surface area contributed by atoms with E-state index in [1.54, 1.807) is 0 Å². The van der Waals surface area contributed by atoms with Crippen LogP contribution in [0.2, 0.25) is 0 Å². The molecule has 0 saturated heterocycles. The van der Waals surface area contributed by atoms with Crippen LogP contribution in [0, 0.1) is 5.41 Å². The van der Waals surface area contributed by atoms with E-state index in [1.165, 1.54) is 0 Å². The maximum absolute atomic E-state index is 9.24. The maximum Gasteiger partial charge on any atom is 0.248 e. The third-order valence-corrected chi connectivity index (χ3v) is 4.33. The first-order valence-corrected chi connectivity index (χ1v) is 7.41. The van der Waals surface area contributed by atoms with Crippen molar-refractivity contribution in [2.75, 3.05) is 13.2 Å². The minimum Gasteiger partial charge on any atom is -0.419 e. The Labute approximate surface area is 125 Å². The second kappa shape index (κ2) is 5.63. The predicted molar refractivity (Wildman–Crippen MR) is 77.9 cm³/mol. The Balaban J connectivity index is 1.61. The van der Waals surface area contributed by atoms with E-state index in [-0.39, 0.29) is 12.0 Å². The summed E-state index contributed by atoms with van der Waals surface area (Å²) in [4.78, 5) is 0. The van der Waals surface area contributed by atoms with E-state index in [9.17, 15) is 5.11 Å². The van der Waals surface area contributed by atoms with Crippen LogP contribution in [0.5, 0.6) is 0 Å². The van der Waals surface area contributed by atoms with Crippen molar-refractivity contribution in [1.29, 1.82) is 0 Å². The van der Waals surface area contributed by atoms with E-state index in [0.717, 1.165) is 29.4 Å². The van der Waals surface area contributed by atoms with Gasteiger partial charge in [0, 0.05) is 23.0 Å². The molecule has 0 atom stereocenters. The third kappa shape index (κ3) is 2.92. The molecule has 1 aromatic heterocycles. The summed E-state index contributed by atoms with van der Waals surface area (Å²) in [6.45, 7) is 1.56. The lowest BCUT2D eigenvalue weighted by Crippen LogP contribution is -2.26. The molecule has 1 heterocycles. The molecule has 3 rings (SSSR count). The summed E-state index contributed by atoms with van der Waals surface area (Å²) in [6.07, 6.45) is 2.17. The monoisotopic (exact) mass is 337 g/mol. The number of nitrogens with one attached hydrogen (secondary N) is 1. The van der Waals surface area contributed by atoms with Gasteiger partial charge in [-0.25, -0.2) is 0 Å². The molecule has 6 heteroatoms. The van der Waals surface area contributed by atoms with Crippen molar-refractivity contribution in [3.63, 3.8) is 0 Å². The zero-order valence-corrected chi connectivity index (χ0v) is 12.6. The summed E-state index contributed by atoms with van der Waals surface area (Å²) in [6, 6.07) is 7.74. The van der Waals surface area contributed by atoms with Gasteiger partial charge in [0.1, 0.15) is 0 Å². The average Bonchev–Trinajstić information content (AvgIpc) is 3.09. The molecule has 0 bridgehead atoms. The minimum atomic E-state index is 0.0886. The van der Waals surface area contributed by atoms with Crippen molar-refractivity contribution in [2.24, 2.45) is 5.41 Å². The van der Waals surface area contributed by atoms with Gasteiger partial charge in [-0.3, -0.25) is 0 Å². The van der Waals surface area contributed by atoms with E-state index in [1.807, 2.05) is 24.3 Å². The average molecular weight is 338 g/mol. The highest BCUT2D eigenvalue weighted by Crippen LogP contribution is 2.44. The van der Waals surface area contributed by atoms with Crippen molar-refractivity contribution in [2.45, 2.75) is 19.4 Å². The van der Waals surface area contributed by atoms with Crippen molar-refractivity contribution in [1.82, 2.24) is 15.5 Å². The molecule has 1 aliphatic carbocycles. The molecule has 0 amide bonds. The topological polar surface area (TPSA) is 71.2 Å². The normalized spacial score (nSPS) is 16.3. The number of benzene rings is 1. The molecule has 1 aliphatic rings. The van der Waals surface area contributed by atoms with Gasteiger partial charge in [-0.15, -0.1) is 10.2 Å². The van der Waals surface area contributed by atoms with Gasteiger partial charge in [-0.1, -0.05) is 12.1 Å². The van der Waals surface area contributed by atoms with Gasteiger partial charge in [0.05, 0.1) is 12.1 Å². The molecule has 5 nitrogen and oxygen atoms in total. The van der Waals surface area contributed by atoms with Crippen LogP contribution < -0.4 is 5.32 Å². The van der Waals surface area contributed by atoms with Gasteiger partial charge < -0.3 is 14.8 Å². The van der Waals surface area contributed by atoms with Crippen LogP contribution in [-0.2, 0) is 6.54 Å². The number of hydrogen-bond acceptors (Lipinski definition) is 5. The summed E-state index contributed by atoms with van der Waals surface area (Å²) in [5, 5.41) is 20.6. The Morgan fingerprint density at radius 2 is 2.10 bits per heavy atom. The molecule has 0 aliphatic heterocycles. The van der Waals surface area contributed by atoms with Crippen molar-refractivity contribution < 1.29 is 9.52 Å². The highest BCUT2D eigenvalue weighted by atomic mass is 79.9. The fraction of sp³-hybridized carbons (Fsp3) is 0.429. The largest absolute Gasteiger partial charge is 0.419 e. The van der Waals surface area contributed by atoms with E-state index < -0.39 is 0 Å². The molecule has 2 aromatic rings. The van der Waals surface area contributed by atoms with Crippen LogP contribution in [0.25, 0.3) is 11.5 Å². The van der Waals surface area contributed by atoms with Gasteiger partial charge in [0.25, 0.3) is 0 Å². The van der Waals surface area contributed by atoms with E-state index in [0.29, 0.717) is 18.3 Å². The Kier molecular flexibility index (Phi) is 3.87. The third-order valence-electron chi connectivity index (χ3n) is 3.64. The summed E-state index contributed by atoms with van der Waals surface area (Å²) >= 11 is 3.47. The number of aliphatic hydroxyl groups is 1. The summed E-state index contributed by atoms with van der Waals surface area (Å²) in [7, 11) is 0. The summed E-state index contributed by atoms with van der Waals surface area (Å²) in [5.74, 6) is 1.07. The number of halogens is 1. The number of aliphatic hydroxyl groups excluding tert-OH is 1. The van der Waals surface area contributed by atoms with Gasteiger partial charge in [-0.2, -0.15) is 0 Å². The quantitative estimate of drug-likeness (QED) is 0.846. The predicted octanol–water partition coefficient (Wildman–Crippen LogP) is 2.36. The molecular weight excluding hydrogens is 322 g/mol. The van der Waals surface area contributed by atoms with Crippen LogP contribution in [0.15, 0.2) is 33.2 Å². The fourth-order valence-electron chi connectivity index (χ4n) is 2.07. The van der Waals surface area contributed by atoms with Crippen LogP contribution in [0.3, 0.4) is 0 Å². The standard InChI is InChI=1S/C14H16BrN3O2/c15-11-4-2-1-3-10(11)13-18-17-12(20-13)7-16-8-14(9-19)5-6-14/h1-4,16,19H,5-9H2. The molecule has 20 heavy (non-hydrogen) atoms. The zero-order valence-electron chi connectivity index (χ0n) is 11.0. The molecule has 0 unspecified atom stereocenters. The lowest BCUT2D eigenvalue weighted by Gasteiger charge is -2.10. The molecule has 1 saturated carbocycles. The van der Waals surface area contributed by atoms with Crippen LogP contribution in [0.4, 0.5) is 0 Å². The number of nitrogens with zero attached hydrogens (tertiary/aromatic N) is 2. The second-order valence-corrected chi connectivity index (χ2v) is 6.10. The first-order valence-electron chi connectivity index (χ1n) is 6.61. The fourth-order valence-corrected chi connectivity index (χ4v) is 2.53. The molecular formula is C14H16BrN3O2. The lowest BCUT2D eigenvalue weighted by molar-refractivity contribution is 0.206. The molecule has 0 radical (unpaired) electrons. The highest BCUT2D eigenvalue weighted by Gasteiger charge is 2.41. The first kappa shape index (κ1) is 13.7. The van der Waals surface area contributed by atoms with Crippen LogP contribution in [-0.4, -0.2) is 28.5 Å². The molecule has 2 N–H and O–H groups in total. The summed E-state index contributed by atoms with van der Waals surface area (Å²) < 4.78 is 6.57. The molecule has 106 valence electrons. The maximum atomic E-state index is 9.24. The Morgan fingerprint density at radius 3 is 2.80 bits per heavy atom. The smallest absolute Gasteiger partial charge is 0.248 e. The molecule has 1 fully saturated rings. The Bertz CT molecular complexity index is 596. The SMILES string of the molecule is OCC1(CNCc2nnc(-c3ccccc3Br)o2)CC1. The minimum absolute atomic E-state index is 0.0886. The first-order chi connectivity index (χ1) is 9.72. The van der Waals surface area contributed by atoms with E-state index >= 15 is 0 Å². The number of rotatable bonds is 6. The van der Waals surface area contributed by atoms with Crippen LogP contribution in [0.1, 0.15) is 18.7 Å². The van der Waals surface area contributed by atoms with Gasteiger partial charge in [0.15, 0.2) is 0 Å². The van der Waals surface area contributed by atoms with Gasteiger partial charge >= 0.3 is 0 Å². The van der Waals surface area contributed by atoms with Crippen molar-refractivity contribution >= 4 is 15.9 Å². The Hall–Kier alpha value is -1.24. The highest BCUT2D eigenvalue weighted by molar-refractivity contribution is 9.10. The van der Waals surface area contributed by atoms with Gasteiger partial charge in [0.2, 0.25) is 11.8 Å². The number of hydrogen-bond donors (Lipinski definition) is 2. The zero-order chi connectivity index (χ0) is 14.0. The van der Waals surface area contributed by atoms with E-state index in [2.05, 4.69) is 31.4 Å².